The normalized spacial score (nSPS) is 17.3. The van der Waals surface area contributed by atoms with Gasteiger partial charge in [0.1, 0.15) is 23.9 Å². The summed E-state index contributed by atoms with van der Waals surface area (Å²) in [4.78, 5) is 56.1. The molecule has 4 atom stereocenters. The fourth-order valence-electron chi connectivity index (χ4n) is 4.64. The highest BCUT2D eigenvalue weighted by Gasteiger charge is 2.32. The van der Waals surface area contributed by atoms with Crippen molar-refractivity contribution in [1.29, 1.82) is 0 Å². The first-order chi connectivity index (χ1) is 19.3. The molecule has 0 bridgehead atoms. The third-order valence-electron chi connectivity index (χ3n) is 7.15. The number of amides is 3. The molecule has 0 spiro atoms. The van der Waals surface area contributed by atoms with E-state index in [1.165, 1.54) is 12.1 Å². The molecule has 1 aliphatic heterocycles. The van der Waals surface area contributed by atoms with Crippen LogP contribution in [0.3, 0.4) is 0 Å². The molecule has 2 aromatic rings. The predicted octanol–water partition coefficient (Wildman–Crippen LogP) is 1.03. The molecule has 1 fully saturated rings. The molecule has 224 valence electrons. The highest BCUT2D eigenvalue weighted by Crippen LogP contribution is 2.22. The van der Waals surface area contributed by atoms with Crippen molar-refractivity contribution >= 4 is 23.7 Å². The van der Waals surface area contributed by atoms with Crippen molar-refractivity contribution in [3.63, 3.8) is 0 Å². The van der Waals surface area contributed by atoms with Crippen LogP contribution in [0.25, 0.3) is 0 Å². The molecular weight excluding hydrogens is 528 g/mol. The number of nitrogens with zero attached hydrogens (tertiary/aromatic N) is 2. The van der Waals surface area contributed by atoms with E-state index in [0.29, 0.717) is 30.6 Å². The summed E-state index contributed by atoms with van der Waals surface area (Å²) in [7, 11) is 1.75. The Bertz CT molecular complexity index is 1200. The molecule has 12 heteroatoms. The number of carboxylic acids is 1. The minimum absolute atomic E-state index is 0.0593. The van der Waals surface area contributed by atoms with Crippen molar-refractivity contribution in [2.75, 3.05) is 6.54 Å². The van der Waals surface area contributed by atoms with Crippen LogP contribution < -0.4 is 21.3 Å². The van der Waals surface area contributed by atoms with Gasteiger partial charge in [-0.15, -0.1) is 0 Å². The molecule has 1 aromatic heterocycles. The number of aryl methyl sites for hydroxylation is 1. The van der Waals surface area contributed by atoms with Gasteiger partial charge in [0.2, 0.25) is 17.7 Å². The smallest absolute Gasteiger partial charge is 0.326 e. The lowest BCUT2D eigenvalue weighted by molar-refractivity contribution is -0.142. The molecule has 0 saturated carbocycles. The lowest BCUT2D eigenvalue weighted by Gasteiger charge is -2.26. The number of benzene rings is 1. The zero-order valence-corrected chi connectivity index (χ0v) is 24.1. The Hall–Kier alpha value is -3.93. The van der Waals surface area contributed by atoms with Crippen LogP contribution in [-0.4, -0.2) is 74.2 Å². The topological polar surface area (TPSA) is 175 Å². The van der Waals surface area contributed by atoms with E-state index in [2.05, 4.69) is 26.3 Å². The number of phenols is 1. The van der Waals surface area contributed by atoms with Crippen molar-refractivity contribution in [2.24, 2.45) is 12.5 Å². The maximum atomic E-state index is 13.7. The van der Waals surface area contributed by atoms with Crippen LogP contribution in [-0.2, 0) is 39.1 Å². The number of nitrogens with one attached hydrogen (secondary N) is 4. The van der Waals surface area contributed by atoms with Gasteiger partial charge in [0.15, 0.2) is 0 Å². The summed E-state index contributed by atoms with van der Waals surface area (Å²) in [6.45, 7) is 6.67. The van der Waals surface area contributed by atoms with Crippen molar-refractivity contribution in [1.82, 2.24) is 30.8 Å². The van der Waals surface area contributed by atoms with Crippen LogP contribution in [0.1, 0.15) is 57.7 Å². The standard InChI is InChI=1S/C29H42N6O6/c1-29(2,3)12-11-22(28(40)41)32-27(39)24(15-19-16-30-17-35(19)4)34-26(38)23(14-18-7-9-20(36)10-8-18)33-25(37)21-6-5-13-31-21/h7-10,16-17,21-24,31,36H,5-6,11-15H2,1-4H3,(H,32,39)(H,33,37)(H,34,38)(H,40,41)/t21-,22-,23-,24-/m0/s1. The minimum Gasteiger partial charge on any atom is -0.508 e. The lowest BCUT2D eigenvalue weighted by Crippen LogP contribution is -2.58. The van der Waals surface area contributed by atoms with Crippen molar-refractivity contribution < 1.29 is 29.4 Å². The molecule has 12 nitrogen and oxygen atoms in total. The average molecular weight is 571 g/mol. The van der Waals surface area contributed by atoms with E-state index in [1.54, 1.807) is 36.3 Å². The largest absolute Gasteiger partial charge is 0.508 e. The fraction of sp³-hybridized carbons (Fsp3) is 0.552. The number of rotatable bonds is 13. The minimum atomic E-state index is -1.16. The van der Waals surface area contributed by atoms with E-state index in [9.17, 15) is 29.4 Å². The molecule has 0 radical (unpaired) electrons. The number of carbonyl (C=O) groups is 4. The van der Waals surface area contributed by atoms with Gasteiger partial charge >= 0.3 is 5.97 Å². The summed E-state index contributed by atoms with van der Waals surface area (Å²) in [6, 6.07) is 2.60. The molecular formula is C29H42N6O6. The Morgan fingerprint density at radius 1 is 1.02 bits per heavy atom. The van der Waals surface area contributed by atoms with Crippen LogP contribution >= 0.6 is 0 Å². The Morgan fingerprint density at radius 2 is 1.66 bits per heavy atom. The van der Waals surface area contributed by atoms with Crippen molar-refractivity contribution in [3.8, 4) is 5.75 Å². The lowest BCUT2D eigenvalue weighted by atomic mass is 9.88. The maximum Gasteiger partial charge on any atom is 0.326 e. The van der Waals surface area contributed by atoms with Crippen LogP contribution in [0.5, 0.6) is 5.75 Å². The zero-order chi connectivity index (χ0) is 30.2. The van der Waals surface area contributed by atoms with Gasteiger partial charge in [-0.3, -0.25) is 14.4 Å². The number of carboxylic acid groups (broad SMARTS) is 1. The Balaban J connectivity index is 1.82. The summed E-state index contributed by atoms with van der Waals surface area (Å²) in [5.74, 6) is -2.64. The van der Waals surface area contributed by atoms with E-state index in [1.807, 2.05) is 20.8 Å². The molecule has 1 saturated heterocycles. The quantitative estimate of drug-likeness (QED) is 0.207. The molecule has 1 aromatic carbocycles. The van der Waals surface area contributed by atoms with Gasteiger partial charge in [-0.25, -0.2) is 9.78 Å². The Morgan fingerprint density at radius 3 is 2.20 bits per heavy atom. The van der Waals surface area contributed by atoms with Crippen molar-refractivity contribution in [2.45, 2.75) is 83.5 Å². The second kappa shape index (κ2) is 14.1. The number of imidazole rings is 1. The third kappa shape index (κ3) is 9.89. The van der Waals surface area contributed by atoms with Gasteiger partial charge in [0.05, 0.1) is 12.4 Å². The first-order valence-corrected chi connectivity index (χ1v) is 13.9. The van der Waals surface area contributed by atoms with E-state index in [-0.39, 0.29) is 36.3 Å². The molecule has 6 N–H and O–H groups in total. The van der Waals surface area contributed by atoms with E-state index in [0.717, 1.165) is 6.42 Å². The van der Waals surface area contributed by atoms with E-state index < -0.39 is 42.0 Å². The molecule has 3 amide bonds. The number of phenolic OH excluding ortho intramolecular Hbond substituents is 1. The number of hydrogen-bond acceptors (Lipinski definition) is 7. The summed E-state index contributed by atoms with van der Waals surface area (Å²) in [6.07, 6.45) is 5.61. The van der Waals surface area contributed by atoms with Gasteiger partial charge in [0, 0.05) is 31.8 Å². The molecule has 0 unspecified atom stereocenters. The fourth-order valence-corrected chi connectivity index (χ4v) is 4.64. The number of hydrogen-bond donors (Lipinski definition) is 6. The first-order valence-electron chi connectivity index (χ1n) is 13.9. The zero-order valence-electron chi connectivity index (χ0n) is 24.1. The van der Waals surface area contributed by atoms with E-state index in [4.69, 9.17) is 0 Å². The molecule has 3 rings (SSSR count). The number of aromatic nitrogens is 2. The van der Waals surface area contributed by atoms with Crippen molar-refractivity contribution in [3.05, 3.63) is 48.0 Å². The van der Waals surface area contributed by atoms with Crippen LogP contribution in [0, 0.1) is 5.41 Å². The predicted molar refractivity (Wildman–Crippen MR) is 152 cm³/mol. The summed E-state index contributed by atoms with van der Waals surface area (Å²) < 4.78 is 1.71. The highest BCUT2D eigenvalue weighted by atomic mass is 16.4. The number of aromatic hydroxyl groups is 1. The second-order valence-corrected chi connectivity index (χ2v) is 11.8. The van der Waals surface area contributed by atoms with Gasteiger partial charge in [-0.2, -0.15) is 0 Å². The molecule has 1 aliphatic rings. The highest BCUT2D eigenvalue weighted by molar-refractivity contribution is 5.94. The number of carbonyl (C=O) groups excluding carboxylic acids is 3. The van der Waals surface area contributed by atoms with Crippen LogP contribution in [0.4, 0.5) is 0 Å². The number of aliphatic carboxylic acids is 1. The summed E-state index contributed by atoms with van der Waals surface area (Å²) >= 11 is 0. The third-order valence-corrected chi connectivity index (χ3v) is 7.15. The Labute approximate surface area is 240 Å². The average Bonchev–Trinajstić information content (AvgIpc) is 3.58. The van der Waals surface area contributed by atoms with E-state index >= 15 is 0 Å². The van der Waals surface area contributed by atoms with Crippen LogP contribution in [0.2, 0.25) is 0 Å². The maximum absolute atomic E-state index is 13.7. The molecule has 0 aliphatic carbocycles. The molecule has 2 heterocycles. The first kappa shape index (κ1) is 31.6. The van der Waals surface area contributed by atoms with Gasteiger partial charge in [-0.05, 0) is 55.3 Å². The Kier molecular flexibility index (Phi) is 10.9. The molecule has 41 heavy (non-hydrogen) atoms. The SMILES string of the molecule is Cn1cncc1C[C@H](NC(=O)[C@H](Cc1ccc(O)cc1)NC(=O)[C@@H]1CCCN1)C(=O)N[C@@H](CCC(C)(C)C)C(=O)O. The van der Waals surface area contributed by atoms with Crippen LogP contribution in [0.15, 0.2) is 36.8 Å². The van der Waals surface area contributed by atoms with Gasteiger partial charge in [-0.1, -0.05) is 32.9 Å². The summed E-state index contributed by atoms with van der Waals surface area (Å²) in [5, 5.41) is 30.7. The summed E-state index contributed by atoms with van der Waals surface area (Å²) in [5.41, 5.74) is 1.22. The van der Waals surface area contributed by atoms with Gasteiger partial charge < -0.3 is 36.0 Å². The second-order valence-electron chi connectivity index (χ2n) is 11.8. The van der Waals surface area contributed by atoms with Gasteiger partial charge in [0.25, 0.3) is 0 Å². The monoisotopic (exact) mass is 570 g/mol.